The van der Waals surface area contributed by atoms with E-state index in [1.54, 1.807) is 39.1 Å². The molecule has 0 radical (unpaired) electrons. The molecule has 4 atom stereocenters. The van der Waals surface area contributed by atoms with Gasteiger partial charge in [0.05, 0.1) is 17.0 Å². The Morgan fingerprint density at radius 2 is 1.76 bits per heavy atom. The summed E-state index contributed by atoms with van der Waals surface area (Å²) in [5.41, 5.74) is -2.66. The molecule has 2 aliphatic rings. The molecule has 14 heteroatoms. The number of alkyl halides is 3. The van der Waals surface area contributed by atoms with Crippen LogP contribution in [0.2, 0.25) is 0 Å². The molecule has 10 nitrogen and oxygen atoms in total. The molecule has 2 fully saturated rings. The van der Waals surface area contributed by atoms with Gasteiger partial charge in [0.2, 0.25) is 5.91 Å². The van der Waals surface area contributed by atoms with Crippen molar-refractivity contribution < 1.29 is 40.7 Å². The molecule has 45 heavy (non-hydrogen) atoms. The molecule has 0 bridgehead atoms. The Morgan fingerprint density at radius 3 is 2.36 bits per heavy atom. The van der Waals surface area contributed by atoms with Crippen molar-refractivity contribution >= 4 is 38.8 Å². The number of benzene rings is 2. The van der Waals surface area contributed by atoms with Gasteiger partial charge in [0.15, 0.2) is 0 Å². The van der Waals surface area contributed by atoms with Crippen LogP contribution in [-0.4, -0.2) is 60.4 Å². The average molecular weight is 647 g/mol. The number of fused-ring (bicyclic) bond motifs is 1. The molecular formula is C31H33F3N4O6S. The summed E-state index contributed by atoms with van der Waals surface area (Å²) in [6, 6.07) is 10.6. The normalized spacial score (nSPS) is 23.4. The minimum Gasteiger partial charge on any atom is -0.444 e. The lowest BCUT2D eigenvalue weighted by molar-refractivity contribution is -0.137. The van der Waals surface area contributed by atoms with Gasteiger partial charge in [-0.1, -0.05) is 30.3 Å². The number of rotatable bonds is 7. The number of amides is 3. The number of hydrogen-bond donors (Lipinski definition) is 3. The Labute approximate surface area is 258 Å². The number of para-hydroxylation sites is 1. The highest BCUT2D eigenvalue weighted by atomic mass is 32.2. The predicted octanol–water partition coefficient (Wildman–Crippen LogP) is 4.70. The van der Waals surface area contributed by atoms with Crippen LogP contribution in [-0.2, 0) is 30.5 Å². The average Bonchev–Trinajstić information content (AvgIpc) is 3.26. The van der Waals surface area contributed by atoms with Gasteiger partial charge >= 0.3 is 12.3 Å². The number of aromatic nitrogens is 1. The Balaban J connectivity index is 1.41. The molecule has 240 valence electrons. The number of hydrogen-bond acceptors (Lipinski definition) is 6. The second-order valence-electron chi connectivity index (χ2n) is 12.4. The van der Waals surface area contributed by atoms with Crippen molar-refractivity contribution in [2.45, 2.75) is 55.3 Å². The van der Waals surface area contributed by atoms with Crippen molar-refractivity contribution in [3.05, 3.63) is 78.5 Å². The van der Waals surface area contributed by atoms with Crippen LogP contribution in [0.4, 0.5) is 18.0 Å². The van der Waals surface area contributed by atoms with E-state index in [0.717, 1.165) is 12.1 Å². The van der Waals surface area contributed by atoms with Crippen molar-refractivity contribution in [1.82, 2.24) is 19.9 Å². The number of nitrogens with zero attached hydrogens (tertiary/aromatic N) is 1. The molecule has 3 aromatic rings. The number of sulfonamides is 1. The fraction of sp³-hybridized carbons (Fsp3) is 0.387. The van der Waals surface area contributed by atoms with E-state index in [4.69, 9.17) is 4.74 Å². The van der Waals surface area contributed by atoms with Crippen molar-refractivity contribution in [3.8, 4) is 0 Å². The number of carbonyl (C=O) groups is 3. The summed E-state index contributed by atoms with van der Waals surface area (Å²) < 4.78 is 73.9. The number of nitrogens with one attached hydrogen (secondary N) is 3. The fourth-order valence-electron chi connectivity index (χ4n) is 5.70. The lowest BCUT2D eigenvalue weighted by atomic mass is 9.87. The van der Waals surface area contributed by atoms with Crippen LogP contribution in [0.3, 0.4) is 0 Å². The molecule has 3 N–H and O–H groups in total. The number of H-pyrrole nitrogens is 1. The van der Waals surface area contributed by atoms with Gasteiger partial charge in [-0.15, -0.1) is 6.58 Å². The third-order valence-electron chi connectivity index (χ3n) is 8.09. The number of halogens is 3. The zero-order valence-corrected chi connectivity index (χ0v) is 25.6. The van der Waals surface area contributed by atoms with Crippen LogP contribution in [0.5, 0.6) is 0 Å². The third-order valence-corrected chi connectivity index (χ3v) is 9.46. The Morgan fingerprint density at radius 1 is 1.07 bits per heavy atom. The minimum absolute atomic E-state index is 0.0308. The van der Waals surface area contributed by atoms with Gasteiger partial charge in [-0.3, -0.25) is 9.59 Å². The largest absolute Gasteiger partial charge is 0.444 e. The van der Waals surface area contributed by atoms with E-state index in [9.17, 15) is 36.0 Å². The number of carbonyl (C=O) groups excluding carboxylic acids is 3. The van der Waals surface area contributed by atoms with Gasteiger partial charge in [0, 0.05) is 36.5 Å². The highest BCUT2D eigenvalue weighted by molar-refractivity contribution is 7.90. The molecule has 2 aromatic carbocycles. The predicted molar refractivity (Wildman–Crippen MR) is 158 cm³/mol. The highest BCUT2D eigenvalue weighted by Crippen LogP contribution is 2.46. The Hall–Kier alpha value is -4.33. The van der Waals surface area contributed by atoms with Gasteiger partial charge < -0.3 is 19.9 Å². The first-order valence-electron chi connectivity index (χ1n) is 14.2. The lowest BCUT2D eigenvalue weighted by Crippen LogP contribution is -2.53. The Kier molecular flexibility index (Phi) is 8.01. The standard InChI is InChI=1S/C31H33F3N4O6S/c1-5-20-15-30(20,27(40)37-45(42,43)24-8-6-7-19-13-14-35-25(19)24)36-26(39)23-17-38(28(41)44-29(2,3)4)16-22(23)18-9-11-21(12-10-18)31(32,33)34/h5-14,20,22-23,35H,1,15-17H2,2-4H3,(H,36,39)(H,37,40)/t20-,22+,23-,30-/m1/s1. The van der Waals surface area contributed by atoms with E-state index >= 15 is 0 Å². The maximum atomic E-state index is 13.9. The van der Waals surface area contributed by atoms with E-state index in [1.807, 2.05) is 0 Å². The molecule has 1 aliphatic carbocycles. The van der Waals surface area contributed by atoms with Gasteiger partial charge in [0.1, 0.15) is 16.0 Å². The van der Waals surface area contributed by atoms with E-state index < -0.39 is 68.6 Å². The maximum Gasteiger partial charge on any atom is 0.416 e. The molecule has 3 amide bonds. The van der Waals surface area contributed by atoms with Crippen LogP contribution in [0, 0.1) is 11.8 Å². The first-order chi connectivity index (χ1) is 20.9. The molecule has 5 rings (SSSR count). The van der Waals surface area contributed by atoms with Crippen LogP contribution in [0.1, 0.15) is 44.2 Å². The number of likely N-dealkylation sites (tertiary alicyclic amines) is 1. The van der Waals surface area contributed by atoms with Crippen molar-refractivity contribution in [2.24, 2.45) is 11.8 Å². The molecule has 0 spiro atoms. The summed E-state index contributed by atoms with van der Waals surface area (Å²) in [4.78, 5) is 44.4. The van der Waals surface area contributed by atoms with E-state index in [0.29, 0.717) is 16.5 Å². The summed E-state index contributed by atoms with van der Waals surface area (Å²) in [5.74, 6) is -3.96. The highest BCUT2D eigenvalue weighted by Gasteiger charge is 2.61. The molecule has 0 unspecified atom stereocenters. The summed E-state index contributed by atoms with van der Waals surface area (Å²) in [6.45, 7) is 8.56. The first kappa shape index (κ1) is 32.1. The lowest BCUT2D eigenvalue weighted by Gasteiger charge is -2.24. The summed E-state index contributed by atoms with van der Waals surface area (Å²) in [6.07, 6.45) is -2.19. The maximum absolute atomic E-state index is 13.9. The van der Waals surface area contributed by atoms with Crippen molar-refractivity contribution in [1.29, 1.82) is 0 Å². The fourth-order valence-corrected chi connectivity index (χ4v) is 6.94. The molecule has 2 heterocycles. The van der Waals surface area contributed by atoms with Crippen LogP contribution >= 0.6 is 0 Å². The second-order valence-corrected chi connectivity index (χ2v) is 14.0. The Bertz CT molecular complexity index is 1760. The molecule has 1 aromatic heterocycles. The summed E-state index contributed by atoms with van der Waals surface area (Å²) in [7, 11) is -4.37. The SMILES string of the molecule is C=C[C@@H]1C[C@]1(NC(=O)[C@@H]1CN(C(=O)OC(C)(C)C)C[C@H]1c1ccc(C(F)(F)F)cc1)C(=O)NS(=O)(=O)c1cccc2cc[nH]c12. The van der Waals surface area contributed by atoms with Crippen molar-refractivity contribution in [2.75, 3.05) is 13.1 Å². The van der Waals surface area contributed by atoms with Crippen LogP contribution in [0.15, 0.2) is 72.3 Å². The van der Waals surface area contributed by atoms with Crippen molar-refractivity contribution in [3.63, 3.8) is 0 Å². The molecule has 1 saturated heterocycles. The minimum atomic E-state index is -4.56. The summed E-state index contributed by atoms with van der Waals surface area (Å²) in [5, 5.41) is 3.33. The molecule has 1 saturated carbocycles. The van der Waals surface area contributed by atoms with Gasteiger partial charge in [-0.2, -0.15) is 13.2 Å². The third kappa shape index (κ3) is 6.42. The zero-order chi connectivity index (χ0) is 32.9. The van der Waals surface area contributed by atoms with Crippen LogP contribution in [0.25, 0.3) is 10.9 Å². The second kappa shape index (κ2) is 11.2. The van der Waals surface area contributed by atoms with Gasteiger partial charge in [0.25, 0.3) is 15.9 Å². The summed E-state index contributed by atoms with van der Waals surface area (Å²) >= 11 is 0. The molecule has 1 aliphatic heterocycles. The molecular weight excluding hydrogens is 613 g/mol. The van der Waals surface area contributed by atoms with E-state index in [2.05, 4.69) is 21.6 Å². The van der Waals surface area contributed by atoms with Gasteiger partial charge in [-0.25, -0.2) is 17.9 Å². The van der Waals surface area contributed by atoms with E-state index in [-0.39, 0.29) is 24.4 Å². The topological polar surface area (TPSA) is 138 Å². The number of aromatic amines is 1. The smallest absolute Gasteiger partial charge is 0.416 e. The quantitative estimate of drug-likeness (QED) is 0.318. The zero-order valence-electron chi connectivity index (χ0n) is 24.8. The van der Waals surface area contributed by atoms with E-state index in [1.165, 1.54) is 35.2 Å². The van der Waals surface area contributed by atoms with Gasteiger partial charge in [-0.05, 0) is 57.0 Å². The number of ether oxygens (including phenoxy) is 1. The van der Waals surface area contributed by atoms with Crippen LogP contribution < -0.4 is 10.0 Å². The monoisotopic (exact) mass is 646 g/mol. The first-order valence-corrected chi connectivity index (χ1v) is 15.7.